The van der Waals surface area contributed by atoms with Crippen LogP contribution in [0, 0.1) is 5.95 Å². The van der Waals surface area contributed by atoms with Gasteiger partial charge < -0.3 is 9.80 Å². The Morgan fingerprint density at radius 1 is 1.41 bits per heavy atom. The molecule has 2 rings (SSSR count). The summed E-state index contributed by atoms with van der Waals surface area (Å²) in [5.74, 6) is 0.209. The molecule has 0 amide bonds. The fraction of sp³-hybridized carbons (Fsp3) is 0.667. The van der Waals surface area contributed by atoms with Crippen LogP contribution >= 0.6 is 0 Å². The van der Waals surface area contributed by atoms with Gasteiger partial charge in [-0.05, 0) is 19.4 Å². The second-order valence-electron chi connectivity index (χ2n) is 4.48. The highest BCUT2D eigenvalue weighted by Gasteiger charge is 2.22. The van der Waals surface area contributed by atoms with E-state index in [4.69, 9.17) is 0 Å². The van der Waals surface area contributed by atoms with Crippen LogP contribution in [-0.4, -0.2) is 47.6 Å². The summed E-state index contributed by atoms with van der Waals surface area (Å²) in [6.45, 7) is 5.51. The van der Waals surface area contributed by atoms with Crippen LogP contribution in [0.1, 0.15) is 19.8 Å². The van der Waals surface area contributed by atoms with Crippen molar-refractivity contribution in [1.29, 1.82) is 0 Å². The van der Waals surface area contributed by atoms with E-state index in [0.717, 1.165) is 32.5 Å². The van der Waals surface area contributed by atoms with Crippen molar-refractivity contribution in [2.75, 3.05) is 31.6 Å². The lowest BCUT2D eigenvalue weighted by molar-refractivity contribution is 0.220. The van der Waals surface area contributed by atoms with E-state index in [-0.39, 0.29) is 0 Å². The maximum atomic E-state index is 13.0. The molecule has 1 aromatic heterocycles. The van der Waals surface area contributed by atoms with Gasteiger partial charge >= 0.3 is 0 Å². The first-order chi connectivity index (χ1) is 8.20. The Kier molecular flexibility index (Phi) is 3.89. The van der Waals surface area contributed by atoms with Gasteiger partial charge in [-0.25, -0.2) is 9.97 Å². The van der Waals surface area contributed by atoms with Crippen molar-refractivity contribution in [3.63, 3.8) is 0 Å². The van der Waals surface area contributed by atoms with E-state index in [1.807, 2.05) is 7.05 Å². The third-order valence-corrected chi connectivity index (χ3v) is 3.53. The summed E-state index contributed by atoms with van der Waals surface area (Å²) >= 11 is 0. The Morgan fingerprint density at radius 3 is 2.71 bits per heavy atom. The molecule has 1 aliphatic rings. The third-order valence-electron chi connectivity index (χ3n) is 3.53. The smallest absolute Gasteiger partial charge is 0.218 e. The molecule has 0 radical (unpaired) electrons. The lowest BCUT2D eigenvalue weighted by Gasteiger charge is -2.36. The highest BCUT2D eigenvalue weighted by Crippen LogP contribution is 2.20. The summed E-state index contributed by atoms with van der Waals surface area (Å²) in [6.07, 6.45) is 3.49. The van der Waals surface area contributed by atoms with E-state index < -0.39 is 5.95 Å². The normalized spacial score (nSPS) is 18.3. The van der Waals surface area contributed by atoms with Crippen LogP contribution in [0.5, 0.6) is 0 Å². The van der Waals surface area contributed by atoms with Crippen LogP contribution in [0.3, 0.4) is 0 Å². The van der Waals surface area contributed by atoms with Crippen LogP contribution in [0.4, 0.5) is 10.2 Å². The van der Waals surface area contributed by atoms with E-state index in [2.05, 4.69) is 26.7 Å². The Balaban J connectivity index is 1.99. The molecule has 1 fully saturated rings. The summed E-state index contributed by atoms with van der Waals surface area (Å²) < 4.78 is 13.0. The molecule has 0 N–H and O–H groups in total. The molecule has 2 heterocycles. The van der Waals surface area contributed by atoms with Gasteiger partial charge in [-0.15, -0.1) is 0 Å². The Labute approximate surface area is 101 Å². The number of likely N-dealkylation sites (tertiary alicyclic amines) is 1. The molecule has 5 heteroatoms. The van der Waals surface area contributed by atoms with E-state index in [1.165, 1.54) is 12.4 Å². The molecule has 17 heavy (non-hydrogen) atoms. The molecule has 4 nitrogen and oxygen atoms in total. The van der Waals surface area contributed by atoms with Gasteiger partial charge in [0.25, 0.3) is 0 Å². The quantitative estimate of drug-likeness (QED) is 0.748. The highest BCUT2D eigenvalue weighted by molar-refractivity contribution is 5.37. The van der Waals surface area contributed by atoms with E-state index in [1.54, 1.807) is 0 Å². The predicted molar refractivity (Wildman–Crippen MR) is 65.5 cm³/mol. The van der Waals surface area contributed by atoms with Gasteiger partial charge in [-0.3, -0.25) is 0 Å². The summed E-state index contributed by atoms with van der Waals surface area (Å²) in [5, 5.41) is 0. The van der Waals surface area contributed by atoms with Crippen molar-refractivity contribution in [3.8, 4) is 0 Å². The van der Waals surface area contributed by atoms with Gasteiger partial charge in [0.1, 0.15) is 12.1 Å². The molecular weight excluding hydrogens is 219 g/mol. The standard InChI is InChI=1S/C12H19FN4/c1-3-17-6-4-10(5-7-17)16(2)12-8-11(13)14-9-15-12/h8-10H,3-7H2,1-2H3. The van der Waals surface area contributed by atoms with Crippen LogP contribution in [-0.2, 0) is 0 Å². The average Bonchev–Trinajstić information content (AvgIpc) is 2.38. The number of hydrogen-bond donors (Lipinski definition) is 0. The maximum Gasteiger partial charge on any atom is 0.218 e. The van der Waals surface area contributed by atoms with Crippen molar-refractivity contribution >= 4 is 5.82 Å². The molecule has 1 saturated heterocycles. The van der Waals surface area contributed by atoms with Gasteiger partial charge in [0.15, 0.2) is 0 Å². The van der Waals surface area contributed by atoms with Crippen molar-refractivity contribution in [1.82, 2.24) is 14.9 Å². The zero-order valence-electron chi connectivity index (χ0n) is 10.4. The summed E-state index contributed by atoms with van der Waals surface area (Å²) in [6, 6.07) is 1.85. The molecule has 94 valence electrons. The molecule has 0 aromatic carbocycles. The van der Waals surface area contributed by atoms with Crippen LogP contribution in [0.15, 0.2) is 12.4 Å². The molecule has 0 saturated carbocycles. The lowest BCUT2D eigenvalue weighted by atomic mass is 10.0. The number of anilines is 1. The Hall–Kier alpha value is -1.23. The van der Waals surface area contributed by atoms with E-state index in [9.17, 15) is 4.39 Å². The van der Waals surface area contributed by atoms with Gasteiger partial charge in [0.05, 0.1) is 0 Å². The highest BCUT2D eigenvalue weighted by atomic mass is 19.1. The Morgan fingerprint density at radius 2 is 2.12 bits per heavy atom. The average molecular weight is 238 g/mol. The summed E-state index contributed by atoms with van der Waals surface area (Å²) in [4.78, 5) is 12.1. The molecule has 0 bridgehead atoms. The second-order valence-corrected chi connectivity index (χ2v) is 4.48. The molecule has 0 atom stereocenters. The molecule has 0 spiro atoms. The lowest BCUT2D eigenvalue weighted by Crippen LogP contribution is -2.43. The van der Waals surface area contributed by atoms with Crippen molar-refractivity contribution in [2.24, 2.45) is 0 Å². The zero-order valence-corrected chi connectivity index (χ0v) is 10.4. The Bertz CT molecular complexity index is 363. The molecule has 1 aromatic rings. The molecule has 0 aliphatic carbocycles. The van der Waals surface area contributed by atoms with Gasteiger partial charge in [-0.2, -0.15) is 4.39 Å². The van der Waals surface area contributed by atoms with Crippen molar-refractivity contribution in [3.05, 3.63) is 18.3 Å². The topological polar surface area (TPSA) is 32.3 Å². The van der Waals surface area contributed by atoms with E-state index in [0.29, 0.717) is 11.9 Å². The number of rotatable bonds is 3. The van der Waals surface area contributed by atoms with Crippen molar-refractivity contribution < 1.29 is 4.39 Å². The number of aromatic nitrogens is 2. The fourth-order valence-corrected chi connectivity index (χ4v) is 2.33. The number of halogens is 1. The van der Waals surface area contributed by atoms with E-state index >= 15 is 0 Å². The first kappa shape index (κ1) is 12.2. The fourth-order valence-electron chi connectivity index (χ4n) is 2.33. The zero-order chi connectivity index (χ0) is 12.3. The molecule has 1 aliphatic heterocycles. The SMILES string of the molecule is CCN1CCC(N(C)c2cc(F)ncn2)CC1. The van der Waals surface area contributed by atoms with Gasteiger partial charge in [0.2, 0.25) is 5.95 Å². The maximum absolute atomic E-state index is 13.0. The van der Waals surface area contributed by atoms with Gasteiger partial charge in [-0.1, -0.05) is 6.92 Å². The molecule has 0 unspecified atom stereocenters. The number of hydrogen-bond acceptors (Lipinski definition) is 4. The van der Waals surface area contributed by atoms with Crippen LogP contribution in [0.25, 0.3) is 0 Å². The third kappa shape index (κ3) is 2.91. The minimum absolute atomic E-state index is 0.451. The number of piperidine rings is 1. The second kappa shape index (κ2) is 5.40. The predicted octanol–water partition coefficient (Wildman–Crippen LogP) is 1.54. The van der Waals surface area contributed by atoms with Crippen molar-refractivity contribution in [2.45, 2.75) is 25.8 Å². The first-order valence-corrected chi connectivity index (χ1v) is 6.13. The first-order valence-electron chi connectivity index (χ1n) is 6.13. The summed E-state index contributed by atoms with van der Waals surface area (Å²) in [7, 11) is 1.98. The monoisotopic (exact) mass is 238 g/mol. The van der Waals surface area contributed by atoms with Crippen LogP contribution in [0.2, 0.25) is 0 Å². The van der Waals surface area contributed by atoms with Gasteiger partial charge in [0, 0.05) is 32.2 Å². The molecular formula is C12H19FN4. The number of nitrogens with zero attached hydrogens (tertiary/aromatic N) is 4. The summed E-state index contributed by atoms with van der Waals surface area (Å²) in [5.41, 5.74) is 0. The minimum atomic E-state index is -0.465. The minimum Gasteiger partial charge on any atom is -0.356 e. The largest absolute Gasteiger partial charge is 0.356 e. The van der Waals surface area contributed by atoms with Crippen LogP contribution < -0.4 is 4.90 Å².